The van der Waals surface area contributed by atoms with Crippen LogP contribution in [0.4, 0.5) is 14.5 Å². The Bertz CT molecular complexity index is 941. The van der Waals surface area contributed by atoms with Crippen molar-refractivity contribution in [3.63, 3.8) is 0 Å². The van der Waals surface area contributed by atoms with Crippen LogP contribution in [0.3, 0.4) is 0 Å². The molecule has 0 bridgehead atoms. The van der Waals surface area contributed by atoms with Gasteiger partial charge in [-0.3, -0.25) is 9.99 Å². The number of hydrogen-bond acceptors (Lipinski definition) is 4. The summed E-state index contributed by atoms with van der Waals surface area (Å²) in [5, 5.41) is 2.19. The summed E-state index contributed by atoms with van der Waals surface area (Å²) in [6.45, 7) is 4.77. The van der Waals surface area contributed by atoms with Crippen molar-refractivity contribution in [1.29, 1.82) is 0 Å². The van der Waals surface area contributed by atoms with Gasteiger partial charge < -0.3 is 10.3 Å². The van der Waals surface area contributed by atoms with Crippen molar-refractivity contribution in [2.75, 3.05) is 11.4 Å². The minimum Gasteiger partial charge on any atom is -0.344 e. The normalized spacial score (nSPS) is 19.0. The van der Waals surface area contributed by atoms with Crippen LogP contribution >= 0.6 is 11.6 Å². The van der Waals surface area contributed by atoms with E-state index in [0.29, 0.717) is 6.54 Å². The average Bonchev–Trinajstić information content (AvgIpc) is 3.06. The Hall–Kier alpha value is -2.60. The van der Waals surface area contributed by atoms with E-state index in [1.165, 1.54) is 6.07 Å². The van der Waals surface area contributed by atoms with E-state index in [4.69, 9.17) is 11.6 Å². The molecule has 140 valence electrons. The largest absolute Gasteiger partial charge is 0.344 e. The van der Waals surface area contributed by atoms with Gasteiger partial charge in [0.15, 0.2) is 0 Å². The Morgan fingerprint density at radius 3 is 2.78 bits per heavy atom. The zero-order chi connectivity index (χ0) is 19.1. The number of nitrogens with one attached hydrogen (secondary N) is 1. The second-order valence-corrected chi connectivity index (χ2v) is 7.17. The Labute approximate surface area is 161 Å². The minimum atomic E-state index is -2.58. The Balaban J connectivity index is 1.70. The summed E-state index contributed by atoms with van der Waals surface area (Å²) in [7, 11) is 0. The lowest BCUT2D eigenvalue weighted by Crippen LogP contribution is -2.47. The van der Waals surface area contributed by atoms with Crippen LogP contribution in [0.25, 0.3) is 5.57 Å². The fourth-order valence-electron chi connectivity index (χ4n) is 3.47. The summed E-state index contributed by atoms with van der Waals surface area (Å²) in [4.78, 5) is 6.31. The first-order chi connectivity index (χ1) is 12.9. The Morgan fingerprint density at radius 2 is 2.07 bits per heavy atom. The number of benzene rings is 1. The number of rotatable bonds is 3. The summed E-state index contributed by atoms with van der Waals surface area (Å²) >= 11 is 6.06. The molecule has 0 spiro atoms. The molecule has 0 amide bonds. The number of hydrogen-bond donors (Lipinski definition) is 1. The summed E-state index contributed by atoms with van der Waals surface area (Å²) in [6, 6.07) is 8.88. The van der Waals surface area contributed by atoms with Crippen LogP contribution in [0, 0.1) is 6.92 Å². The van der Waals surface area contributed by atoms with E-state index in [0.717, 1.165) is 28.2 Å². The van der Waals surface area contributed by atoms with Crippen LogP contribution in [-0.2, 0) is 0 Å². The number of hydrazine groups is 1. The van der Waals surface area contributed by atoms with Gasteiger partial charge in [-0.15, -0.1) is 0 Å². The zero-order valence-electron chi connectivity index (χ0n) is 15.0. The quantitative estimate of drug-likeness (QED) is 0.811. The number of anilines is 1. The molecule has 1 N–H and O–H groups in total. The molecule has 2 aliphatic rings. The second kappa shape index (κ2) is 6.85. The standard InChI is InChI=1S/C20H19ClF2N4/c1-12-7-14(5-6-24-12)17-9-25-27-13(2)10-26(11-19(17)27)15-3-4-16(20(22)23)18(21)8-15/h3-9,11,13,20,25H,10H2,1-2H3/t13-/m0/s1. The lowest BCUT2D eigenvalue weighted by molar-refractivity contribution is 0.151. The monoisotopic (exact) mass is 388 g/mol. The van der Waals surface area contributed by atoms with E-state index in [2.05, 4.69) is 22.3 Å². The van der Waals surface area contributed by atoms with E-state index >= 15 is 0 Å². The van der Waals surface area contributed by atoms with Gasteiger partial charge in [0.2, 0.25) is 0 Å². The highest BCUT2D eigenvalue weighted by molar-refractivity contribution is 6.31. The molecule has 4 rings (SSSR count). The number of pyridine rings is 1. The fourth-order valence-corrected chi connectivity index (χ4v) is 3.72. The molecule has 0 aliphatic carbocycles. The number of fused-ring (bicyclic) bond motifs is 1. The van der Waals surface area contributed by atoms with E-state index in [1.54, 1.807) is 18.3 Å². The molecule has 2 aromatic rings. The third-order valence-electron chi connectivity index (χ3n) is 4.82. The molecule has 1 atom stereocenters. The van der Waals surface area contributed by atoms with Crippen molar-refractivity contribution in [2.24, 2.45) is 0 Å². The molecule has 3 heterocycles. The lowest BCUT2D eigenvalue weighted by Gasteiger charge is -2.38. The molecule has 7 heteroatoms. The first-order valence-electron chi connectivity index (χ1n) is 8.69. The van der Waals surface area contributed by atoms with Crippen LogP contribution in [0.2, 0.25) is 5.02 Å². The van der Waals surface area contributed by atoms with Crippen molar-refractivity contribution in [2.45, 2.75) is 26.3 Å². The maximum atomic E-state index is 13.0. The number of alkyl halides is 2. The zero-order valence-corrected chi connectivity index (χ0v) is 15.7. The molecular weight excluding hydrogens is 370 g/mol. The van der Waals surface area contributed by atoms with Crippen molar-refractivity contribution >= 4 is 22.9 Å². The number of halogens is 3. The van der Waals surface area contributed by atoms with Crippen molar-refractivity contribution in [3.05, 3.63) is 76.5 Å². The minimum absolute atomic E-state index is 0.0843. The van der Waals surface area contributed by atoms with Gasteiger partial charge in [0, 0.05) is 47.7 Å². The molecule has 27 heavy (non-hydrogen) atoms. The van der Waals surface area contributed by atoms with Gasteiger partial charge in [-0.05, 0) is 49.7 Å². The van der Waals surface area contributed by atoms with Gasteiger partial charge in [0.25, 0.3) is 6.43 Å². The van der Waals surface area contributed by atoms with Gasteiger partial charge in [0.05, 0.1) is 16.8 Å². The highest BCUT2D eigenvalue weighted by Crippen LogP contribution is 2.36. The molecule has 1 aromatic carbocycles. The van der Waals surface area contributed by atoms with Gasteiger partial charge in [-0.1, -0.05) is 11.6 Å². The molecule has 4 nitrogen and oxygen atoms in total. The van der Waals surface area contributed by atoms with Crippen molar-refractivity contribution < 1.29 is 8.78 Å². The molecule has 0 saturated heterocycles. The third kappa shape index (κ3) is 3.25. The number of aryl methyl sites for hydroxylation is 1. The summed E-state index contributed by atoms with van der Waals surface area (Å²) < 4.78 is 25.9. The summed E-state index contributed by atoms with van der Waals surface area (Å²) in [5.41, 5.74) is 8.07. The van der Waals surface area contributed by atoms with Crippen LogP contribution in [0.15, 0.2) is 54.6 Å². The van der Waals surface area contributed by atoms with Gasteiger partial charge in [-0.25, -0.2) is 8.78 Å². The predicted octanol–water partition coefficient (Wildman–Crippen LogP) is 4.89. The van der Waals surface area contributed by atoms with Gasteiger partial charge in [-0.2, -0.15) is 0 Å². The fraction of sp³-hybridized carbons (Fsp3) is 0.250. The van der Waals surface area contributed by atoms with Crippen molar-refractivity contribution in [1.82, 2.24) is 15.4 Å². The molecule has 0 fully saturated rings. The number of nitrogens with zero attached hydrogens (tertiary/aromatic N) is 3. The van der Waals surface area contributed by atoms with Crippen LogP contribution in [0.1, 0.15) is 30.2 Å². The molecule has 0 radical (unpaired) electrons. The van der Waals surface area contributed by atoms with Gasteiger partial charge >= 0.3 is 0 Å². The maximum absolute atomic E-state index is 13.0. The molecular formula is C20H19ClF2N4. The SMILES string of the molecule is Cc1cc(C2=CNN3C2=CN(c2ccc(C(F)F)c(Cl)c2)C[C@@H]3C)ccn1. The summed E-state index contributed by atoms with van der Waals surface area (Å²) in [5.74, 6) is 0. The van der Waals surface area contributed by atoms with E-state index in [-0.39, 0.29) is 16.6 Å². The first-order valence-corrected chi connectivity index (χ1v) is 9.07. The Kier molecular flexibility index (Phi) is 4.52. The molecule has 2 aliphatic heterocycles. The van der Waals surface area contributed by atoms with E-state index in [9.17, 15) is 8.78 Å². The first kappa shape index (κ1) is 17.8. The molecule has 0 saturated carbocycles. The summed E-state index contributed by atoms with van der Waals surface area (Å²) in [6.07, 6.45) is 3.22. The van der Waals surface area contributed by atoms with Crippen LogP contribution in [-0.4, -0.2) is 22.6 Å². The van der Waals surface area contributed by atoms with Crippen molar-refractivity contribution in [3.8, 4) is 0 Å². The lowest BCUT2D eigenvalue weighted by atomic mass is 10.0. The second-order valence-electron chi connectivity index (χ2n) is 6.77. The van der Waals surface area contributed by atoms with Crippen LogP contribution < -0.4 is 10.3 Å². The smallest absolute Gasteiger partial charge is 0.265 e. The van der Waals surface area contributed by atoms with E-state index in [1.807, 2.05) is 36.4 Å². The molecule has 0 unspecified atom stereocenters. The average molecular weight is 389 g/mol. The highest BCUT2D eigenvalue weighted by Gasteiger charge is 2.31. The Morgan fingerprint density at radius 1 is 1.26 bits per heavy atom. The number of aromatic nitrogens is 1. The topological polar surface area (TPSA) is 31.4 Å². The third-order valence-corrected chi connectivity index (χ3v) is 5.15. The maximum Gasteiger partial charge on any atom is 0.265 e. The molecule has 1 aromatic heterocycles. The van der Waals surface area contributed by atoms with Gasteiger partial charge in [0.1, 0.15) is 0 Å². The van der Waals surface area contributed by atoms with Crippen LogP contribution in [0.5, 0.6) is 0 Å². The highest BCUT2D eigenvalue weighted by atomic mass is 35.5. The van der Waals surface area contributed by atoms with E-state index < -0.39 is 6.43 Å². The number of allylic oxidation sites excluding steroid dienone is 1. The predicted molar refractivity (Wildman–Crippen MR) is 103 cm³/mol.